The first kappa shape index (κ1) is 36.9. The Morgan fingerprint density at radius 1 is 0.932 bits per heavy atom. The molecule has 3 nitrogen and oxygen atoms in total. The van der Waals surface area contributed by atoms with Crippen LogP contribution in [0.25, 0.3) is 0 Å². The first-order valence-electron chi connectivity index (χ1n) is 18.7. The Hall–Kier alpha value is 0.0538. The van der Waals surface area contributed by atoms with Gasteiger partial charge in [-0.1, -0.05) is 93.7 Å². The van der Waals surface area contributed by atoms with Crippen LogP contribution in [0.15, 0.2) is 11.6 Å². The zero-order valence-corrected chi connectivity index (χ0v) is 33.7. The fourth-order valence-corrected chi connectivity index (χ4v) is 12.5. The Balaban J connectivity index is 1.37. The van der Waals surface area contributed by atoms with E-state index < -0.39 is 16.6 Å². The van der Waals surface area contributed by atoms with Crippen LogP contribution in [0.5, 0.6) is 0 Å². The van der Waals surface area contributed by atoms with Crippen LogP contribution >= 0.6 is 0 Å². The summed E-state index contributed by atoms with van der Waals surface area (Å²) in [7, 11) is -3.44. The molecule has 0 heterocycles. The molecular formula is C39H74O3Si2. The summed E-state index contributed by atoms with van der Waals surface area (Å²) < 4.78 is 13.5. The van der Waals surface area contributed by atoms with E-state index >= 15 is 0 Å². The summed E-state index contributed by atoms with van der Waals surface area (Å²) in [6.45, 7) is 34.7. The first-order valence-corrected chi connectivity index (χ1v) is 24.5. The maximum Gasteiger partial charge on any atom is 0.192 e. The highest BCUT2D eigenvalue weighted by atomic mass is 28.4. The molecular weight excluding hydrogens is 573 g/mol. The third-order valence-corrected chi connectivity index (χ3v) is 24.0. The third-order valence-electron chi connectivity index (χ3n) is 15.0. The van der Waals surface area contributed by atoms with Crippen molar-refractivity contribution in [3.05, 3.63) is 11.6 Å². The van der Waals surface area contributed by atoms with Gasteiger partial charge < -0.3 is 14.0 Å². The Kier molecular flexibility index (Phi) is 10.7. The summed E-state index contributed by atoms with van der Waals surface area (Å²) in [6.07, 6.45) is 15.2. The van der Waals surface area contributed by atoms with Gasteiger partial charge in [0.05, 0.1) is 6.10 Å². The second-order valence-electron chi connectivity index (χ2n) is 20.0. The SMILES string of the molecule is C[C@H](CCC[C@@H](C)[C@H]1C[C@H](O)[C@H]2[C@@H]3CC=C4C[C@@H](O[Si](C)(C)C(C)(C)C)CC[C@]4(C)[C@H]3CC[C@@]21C)CO[Si](C)(C)C(C)(C)C. The van der Waals surface area contributed by atoms with Crippen LogP contribution in [0, 0.1) is 46.3 Å². The largest absolute Gasteiger partial charge is 0.417 e. The van der Waals surface area contributed by atoms with Crippen LogP contribution in [0.2, 0.25) is 36.3 Å². The summed E-state index contributed by atoms with van der Waals surface area (Å²) in [5, 5.41) is 12.3. The van der Waals surface area contributed by atoms with Crippen LogP contribution in [0.3, 0.4) is 0 Å². The summed E-state index contributed by atoms with van der Waals surface area (Å²) in [4.78, 5) is 0. The van der Waals surface area contributed by atoms with Crippen LogP contribution in [-0.2, 0) is 8.85 Å². The van der Waals surface area contributed by atoms with Crippen LogP contribution in [0.4, 0.5) is 0 Å². The number of hydrogen-bond donors (Lipinski definition) is 1. The lowest BCUT2D eigenvalue weighted by molar-refractivity contribution is -0.0811. The molecule has 4 rings (SSSR count). The number of rotatable bonds is 10. The number of allylic oxidation sites excluding steroid dienone is 1. The average Bonchev–Trinajstić information content (AvgIpc) is 3.16. The fraction of sp³-hybridized carbons (Fsp3) is 0.949. The Labute approximate surface area is 276 Å². The minimum atomic E-state index is -1.76. The molecule has 0 radical (unpaired) electrons. The van der Waals surface area contributed by atoms with Crippen LogP contribution < -0.4 is 0 Å². The highest BCUT2D eigenvalue weighted by molar-refractivity contribution is 6.74. The van der Waals surface area contributed by atoms with E-state index in [1.54, 1.807) is 5.57 Å². The maximum absolute atomic E-state index is 11.8. The number of aliphatic hydroxyl groups is 1. The van der Waals surface area contributed by atoms with E-state index in [2.05, 4.69) is 102 Å². The molecule has 4 aliphatic carbocycles. The van der Waals surface area contributed by atoms with Crippen LogP contribution in [0.1, 0.15) is 133 Å². The Bertz CT molecular complexity index is 1020. The number of hydrogen-bond acceptors (Lipinski definition) is 3. The van der Waals surface area contributed by atoms with Gasteiger partial charge in [0.2, 0.25) is 0 Å². The van der Waals surface area contributed by atoms with Gasteiger partial charge in [-0.05, 0) is 134 Å². The van der Waals surface area contributed by atoms with E-state index in [0.717, 1.165) is 25.4 Å². The molecule has 0 aromatic rings. The molecule has 0 spiro atoms. The van der Waals surface area contributed by atoms with Crippen molar-refractivity contribution in [2.75, 3.05) is 6.61 Å². The van der Waals surface area contributed by atoms with Crippen molar-refractivity contribution >= 4 is 16.6 Å². The second kappa shape index (κ2) is 12.8. The van der Waals surface area contributed by atoms with E-state index in [4.69, 9.17) is 8.85 Å². The fourth-order valence-electron chi connectivity index (χ4n) is 9.96. The molecule has 0 unspecified atom stereocenters. The lowest BCUT2D eigenvalue weighted by atomic mass is 9.46. The van der Waals surface area contributed by atoms with E-state index in [1.165, 1.54) is 51.4 Å². The topological polar surface area (TPSA) is 38.7 Å². The van der Waals surface area contributed by atoms with Crippen molar-refractivity contribution in [2.45, 2.75) is 182 Å². The molecule has 0 bridgehead atoms. The van der Waals surface area contributed by atoms with E-state index in [-0.39, 0.29) is 21.6 Å². The van der Waals surface area contributed by atoms with Gasteiger partial charge in [0.1, 0.15) is 0 Å². The van der Waals surface area contributed by atoms with Crippen molar-refractivity contribution in [3.8, 4) is 0 Å². The molecule has 0 amide bonds. The highest BCUT2D eigenvalue weighted by Gasteiger charge is 2.62. The quantitative estimate of drug-likeness (QED) is 0.190. The predicted octanol–water partition coefficient (Wildman–Crippen LogP) is 11.4. The van der Waals surface area contributed by atoms with Gasteiger partial charge in [0, 0.05) is 12.7 Å². The lowest BCUT2D eigenvalue weighted by Crippen LogP contribution is -2.53. The van der Waals surface area contributed by atoms with Crippen molar-refractivity contribution in [3.63, 3.8) is 0 Å². The maximum atomic E-state index is 11.8. The number of aliphatic hydroxyl groups excluding tert-OH is 1. The Morgan fingerprint density at radius 3 is 2.18 bits per heavy atom. The van der Waals surface area contributed by atoms with Crippen molar-refractivity contribution in [2.24, 2.45) is 46.3 Å². The van der Waals surface area contributed by atoms with E-state index in [1.807, 2.05) is 0 Å². The van der Waals surface area contributed by atoms with Gasteiger partial charge in [-0.2, -0.15) is 0 Å². The van der Waals surface area contributed by atoms with Gasteiger partial charge >= 0.3 is 0 Å². The van der Waals surface area contributed by atoms with Crippen LogP contribution in [-0.4, -0.2) is 40.6 Å². The first-order chi connectivity index (χ1) is 20.0. The molecule has 0 saturated heterocycles. The smallest absolute Gasteiger partial charge is 0.192 e. The standard InChI is InChI=1S/C39H74O3Si2/c1-27(26-41-43(11,12)36(3,4)5)16-15-17-28(2)33-25-34(40)35-31-19-18-29-24-30(42-44(13,14)37(6,7)8)20-22-38(29,9)32(31)21-23-39(33,35)10/h18,27-28,30-35,40H,15-17,19-26H2,1-14H3/t27-,28-,30+,31-,32+,33-,34+,35-,38+,39-/m1/s1. The van der Waals surface area contributed by atoms with Gasteiger partial charge in [-0.15, -0.1) is 0 Å². The lowest BCUT2D eigenvalue weighted by Gasteiger charge is -2.59. The van der Waals surface area contributed by atoms with Crippen molar-refractivity contribution in [1.29, 1.82) is 0 Å². The molecule has 1 N–H and O–H groups in total. The van der Waals surface area contributed by atoms with Gasteiger partial charge in [-0.25, -0.2) is 0 Å². The molecule has 0 aliphatic heterocycles. The molecule has 4 aliphatic rings. The molecule has 0 aromatic heterocycles. The van der Waals surface area contributed by atoms with Gasteiger partial charge in [0.25, 0.3) is 0 Å². The van der Waals surface area contributed by atoms with Crippen molar-refractivity contribution < 1.29 is 14.0 Å². The molecule has 44 heavy (non-hydrogen) atoms. The molecule has 3 saturated carbocycles. The van der Waals surface area contributed by atoms with E-state index in [0.29, 0.717) is 41.1 Å². The van der Waals surface area contributed by atoms with E-state index in [9.17, 15) is 5.11 Å². The second-order valence-corrected chi connectivity index (χ2v) is 29.5. The predicted molar refractivity (Wildman–Crippen MR) is 194 cm³/mol. The molecule has 10 atom stereocenters. The molecule has 256 valence electrons. The van der Waals surface area contributed by atoms with Gasteiger partial charge in [0.15, 0.2) is 16.6 Å². The van der Waals surface area contributed by atoms with Crippen molar-refractivity contribution in [1.82, 2.24) is 0 Å². The summed E-state index contributed by atoms with van der Waals surface area (Å²) in [5.41, 5.74) is 2.27. The Morgan fingerprint density at radius 2 is 1.57 bits per heavy atom. The average molecular weight is 647 g/mol. The normalized spacial score (nSPS) is 37.9. The monoisotopic (exact) mass is 647 g/mol. The summed E-state index contributed by atoms with van der Waals surface area (Å²) in [5.74, 6) is 3.77. The zero-order valence-electron chi connectivity index (χ0n) is 31.7. The molecule has 5 heteroatoms. The highest BCUT2D eigenvalue weighted by Crippen LogP contribution is 2.67. The zero-order chi connectivity index (χ0) is 33.1. The summed E-state index contributed by atoms with van der Waals surface area (Å²) in [6, 6.07) is 0. The van der Waals surface area contributed by atoms with Gasteiger partial charge in [-0.3, -0.25) is 0 Å². The number of fused-ring (bicyclic) bond motifs is 5. The summed E-state index contributed by atoms with van der Waals surface area (Å²) >= 11 is 0. The minimum absolute atomic E-state index is 0.131. The minimum Gasteiger partial charge on any atom is -0.417 e. The molecule has 3 fully saturated rings. The molecule has 0 aromatic carbocycles. The third kappa shape index (κ3) is 7.08.